The Balaban J connectivity index is 3.81. The highest BCUT2D eigenvalue weighted by Gasteiger charge is 2.08. The molecule has 64 valence electrons. The maximum Gasteiger partial charge on any atom is 0.244 e. The first-order chi connectivity index (χ1) is 5.11. The average Bonchev–Trinajstić information content (AvgIpc) is 1.99. The zero-order valence-electron chi connectivity index (χ0n) is 7.18. The second kappa shape index (κ2) is 4.91. The summed E-state index contributed by atoms with van der Waals surface area (Å²) in [5.74, 6) is -0.404. The van der Waals surface area contributed by atoms with Gasteiger partial charge in [0.25, 0.3) is 0 Å². The molecule has 11 heavy (non-hydrogen) atoms. The van der Waals surface area contributed by atoms with Crippen LogP contribution < -0.4 is 11.1 Å². The molecule has 0 aliphatic heterocycles. The van der Waals surface area contributed by atoms with Crippen LogP contribution in [0.1, 0.15) is 19.8 Å². The molecule has 3 nitrogen and oxygen atoms in total. The molecule has 0 spiro atoms. The summed E-state index contributed by atoms with van der Waals surface area (Å²) in [6.07, 6.45) is 1.62. The molecular weight excluding hydrogens is 140 g/mol. The van der Waals surface area contributed by atoms with Crippen LogP contribution >= 0.6 is 0 Å². The van der Waals surface area contributed by atoms with E-state index >= 15 is 0 Å². The zero-order valence-corrected chi connectivity index (χ0v) is 7.18. The van der Waals surface area contributed by atoms with Gasteiger partial charge in [-0.15, -0.1) is 0 Å². The van der Waals surface area contributed by atoms with Crippen LogP contribution in [0.25, 0.3) is 0 Å². The highest BCUT2D eigenvalue weighted by Crippen LogP contribution is 2.04. The molecule has 0 rings (SSSR count). The lowest BCUT2D eigenvalue weighted by Gasteiger charge is -2.12. The minimum absolute atomic E-state index is 0.315. The summed E-state index contributed by atoms with van der Waals surface area (Å²) in [5, 5.41) is 3.07. The van der Waals surface area contributed by atoms with Crippen LogP contribution in [0.4, 0.5) is 0 Å². The molecule has 3 N–H and O–H groups in total. The average molecular weight is 156 g/mol. The Labute approximate surface area is 67.7 Å². The third kappa shape index (κ3) is 3.78. The van der Waals surface area contributed by atoms with Crippen molar-refractivity contribution in [1.29, 1.82) is 0 Å². The van der Waals surface area contributed by atoms with E-state index in [4.69, 9.17) is 5.73 Å². The lowest BCUT2D eigenvalue weighted by Crippen LogP contribution is -2.27. The minimum Gasteiger partial charge on any atom is -0.366 e. The van der Waals surface area contributed by atoms with Gasteiger partial charge in [0.2, 0.25) is 5.91 Å². The van der Waals surface area contributed by atoms with Crippen molar-refractivity contribution in [3.8, 4) is 0 Å². The van der Waals surface area contributed by atoms with Gasteiger partial charge in [0.15, 0.2) is 0 Å². The smallest absolute Gasteiger partial charge is 0.244 e. The number of amides is 1. The van der Waals surface area contributed by atoms with Crippen molar-refractivity contribution >= 4 is 5.91 Å². The van der Waals surface area contributed by atoms with Crippen LogP contribution in [-0.4, -0.2) is 19.0 Å². The standard InChI is InChI=1S/C8H16N2O/c1-4-7(10-3)5-6(2)8(9)11/h7,10H,2,4-5H2,1,3H3,(H2,9,11). The normalized spacial score (nSPS) is 12.5. The van der Waals surface area contributed by atoms with Gasteiger partial charge >= 0.3 is 0 Å². The summed E-state index contributed by atoms with van der Waals surface area (Å²) in [4.78, 5) is 10.6. The van der Waals surface area contributed by atoms with Crippen molar-refractivity contribution in [2.75, 3.05) is 7.05 Å². The monoisotopic (exact) mass is 156 g/mol. The number of carbonyl (C=O) groups excluding carboxylic acids is 1. The van der Waals surface area contributed by atoms with E-state index in [1.807, 2.05) is 7.05 Å². The van der Waals surface area contributed by atoms with Crippen LogP contribution in [0.3, 0.4) is 0 Å². The highest BCUT2D eigenvalue weighted by molar-refractivity contribution is 5.91. The van der Waals surface area contributed by atoms with Crippen molar-refractivity contribution < 1.29 is 4.79 Å². The fraction of sp³-hybridized carbons (Fsp3) is 0.625. The summed E-state index contributed by atoms with van der Waals surface area (Å²) in [7, 11) is 1.86. The van der Waals surface area contributed by atoms with E-state index in [1.54, 1.807) is 0 Å². The molecule has 0 bridgehead atoms. The summed E-state index contributed by atoms with van der Waals surface area (Å²) in [5.41, 5.74) is 5.52. The van der Waals surface area contributed by atoms with Crippen LogP contribution in [0, 0.1) is 0 Å². The molecule has 0 aromatic heterocycles. The largest absolute Gasteiger partial charge is 0.366 e. The number of primary amides is 1. The summed E-state index contributed by atoms with van der Waals surface area (Å²) in [6, 6.07) is 0.315. The quantitative estimate of drug-likeness (QED) is 0.567. The Morgan fingerprint density at radius 3 is 2.55 bits per heavy atom. The van der Waals surface area contributed by atoms with E-state index < -0.39 is 5.91 Å². The van der Waals surface area contributed by atoms with E-state index in [9.17, 15) is 4.79 Å². The topological polar surface area (TPSA) is 55.1 Å². The van der Waals surface area contributed by atoms with Crippen molar-refractivity contribution in [3.05, 3.63) is 12.2 Å². The number of carbonyl (C=O) groups is 1. The van der Waals surface area contributed by atoms with Gasteiger partial charge in [-0.25, -0.2) is 0 Å². The Kier molecular flexibility index (Phi) is 4.54. The van der Waals surface area contributed by atoms with E-state index in [1.165, 1.54) is 0 Å². The van der Waals surface area contributed by atoms with Gasteiger partial charge in [0, 0.05) is 11.6 Å². The first-order valence-electron chi connectivity index (χ1n) is 3.76. The maximum atomic E-state index is 10.6. The molecule has 3 heteroatoms. The molecule has 0 saturated heterocycles. The molecule has 0 fully saturated rings. The number of hydrogen-bond acceptors (Lipinski definition) is 2. The number of nitrogens with two attached hydrogens (primary N) is 1. The van der Waals surface area contributed by atoms with Crippen LogP contribution in [-0.2, 0) is 4.79 Å². The van der Waals surface area contributed by atoms with Gasteiger partial charge in [-0.2, -0.15) is 0 Å². The van der Waals surface area contributed by atoms with Gasteiger partial charge in [-0.1, -0.05) is 13.5 Å². The van der Waals surface area contributed by atoms with E-state index in [0.717, 1.165) is 6.42 Å². The van der Waals surface area contributed by atoms with E-state index in [0.29, 0.717) is 18.0 Å². The molecule has 1 amide bonds. The van der Waals surface area contributed by atoms with Crippen molar-refractivity contribution in [1.82, 2.24) is 5.32 Å². The molecule has 0 radical (unpaired) electrons. The molecule has 1 unspecified atom stereocenters. The Morgan fingerprint density at radius 1 is 1.73 bits per heavy atom. The van der Waals surface area contributed by atoms with Gasteiger partial charge in [-0.3, -0.25) is 4.79 Å². The zero-order chi connectivity index (χ0) is 8.85. The second-order valence-corrected chi connectivity index (χ2v) is 2.57. The van der Waals surface area contributed by atoms with Crippen LogP contribution in [0.2, 0.25) is 0 Å². The Morgan fingerprint density at radius 2 is 2.27 bits per heavy atom. The fourth-order valence-corrected chi connectivity index (χ4v) is 0.849. The maximum absolute atomic E-state index is 10.6. The fourth-order valence-electron chi connectivity index (χ4n) is 0.849. The lowest BCUT2D eigenvalue weighted by molar-refractivity contribution is -0.114. The van der Waals surface area contributed by atoms with Crippen molar-refractivity contribution in [2.24, 2.45) is 5.73 Å². The molecule has 0 aliphatic rings. The lowest BCUT2D eigenvalue weighted by atomic mass is 10.1. The minimum atomic E-state index is -0.404. The summed E-state index contributed by atoms with van der Waals surface area (Å²) in [6.45, 7) is 5.63. The molecule has 1 atom stereocenters. The number of hydrogen-bond donors (Lipinski definition) is 2. The van der Waals surface area contributed by atoms with E-state index in [2.05, 4.69) is 18.8 Å². The molecule has 0 aromatic carbocycles. The summed E-state index contributed by atoms with van der Waals surface area (Å²) < 4.78 is 0. The predicted molar refractivity (Wildman–Crippen MR) is 46.1 cm³/mol. The third-order valence-corrected chi connectivity index (χ3v) is 1.74. The third-order valence-electron chi connectivity index (χ3n) is 1.74. The molecule has 0 aliphatic carbocycles. The van der Waals surface area contributed by atoms with Gasteiger partial charge in [0.1, 0.15) is 0 Å². The molecule has 0 heterocycles. The number of nitrogens with one attached hydrogen (secondary N) is 1. The highest BCUT2D eigenvalue weighted by atomic mass is 16.1. The predicted octanol–water partition coefficient (Wildman–Crippen LogP) is 0.416. The molecular formula is C8H16N2O. The van der Waals surface area contributed by atoms with Crippen LogP contribution in [0.5, 0.6) is 0 Å². The van der Waals surface area contributed by atoms with Crippen molar-refractivity contribution in [3.63, 3.8) is 0 Å². The molecule has 0 aromatic rings. The number of rotatable bonds is 5. The van der Waals surface area contributed by atoms with Crippen LogP contribution in [0.15, 0.2) is 12.2 Å². The SMILES string of the molecule is C=C(CC(CC)NC)C(N)=O. The van der Waals surface area contributed by atoms with Gasteiger partial charge in [0.05, 0.1) is 0 Å². The first kappa shape index (κ1) is 10.2. The Bertz CT molecular complexity index is 150. The second-order valence-electron chi connectivity index (χ2n) is 2.57. The molecule has 0 saturated carbocycles. The van der Waals surface area contributed by atoms with Gasteiger partial charge < -0.3 is 11.1 Å². The van der Waals surface area contributed by atoms with Crippen molar-refractivity contribution in [2.45, 2.75) is 25.8 Å². The van der Waals surface area contributed by atoms with E-state index in [-0.39, 0.29) is 0 Å². The first-order valence-corrected chi connectivity index (χ1v) is 3.76. The van der Waals surface area contributed by atoms with Gasteiger partial charge in [-0.05, 0) is 19.9 Å². The Hall–Kier alpha value is -0.830. The summed E-state index contributed by atoms with van der Waals surface area (Å²) >= 11 is 0.